The van der Waals surface area contributed by atoms with E-state index in [-0.39, 0.29) is 10.7 Å². The summed E-state index contributed by atoms with van der Waals surface area (Å²) in [7, 11) is 1.54. The van der Waals surface area contributed by atoms with E-state index in [0.29, 0.717) is 5.75 Å². The standard InChI is InChI=1S/C15H12ClF3N2O/c1-22-12-4-2-3-10(7-12)9-20-21-14-8-11(15(17,18)19)5-6-13(14)16/h2-9,21H,1H3/b20-9-. The molecule has 116 valence electrons. The van der Waals surface area contributed by atoms with Crippen LogP contribution in [0.5, 0.6) is 5.75 Å². The van der Waals surface area contributed by atoms with Crippen LogP contribution in [0.25, 0.3) is 0 Å². The number of hydrazone groups is 1. The molecule has 0 saturated heterocycles. The highest BCUT2D eigenvalue weighted by Gasteiger charge is 2.30. The molecule has 0 radical (unpaired) electrons. The topological polar surface area (TPSA) is 33.6 Å². The Labute approximate surface area is 130 Å². The zero-order valence-corrected chi connectivity index (χ0v) is 12.2. The van der Waals surface area contributed by atoms with E-state index in [9.17, 15) is 13.2 Å². The molecule has 2 aromatic carbocycles. The molecule has 0 amide bonds. The van der Waals surface area contributed by atoms with E-state index >= 15 is 0 Å². The van der Waals surface area contributed by atoms with Gasteiger partial charge >= 0.3 is 6.18 Å². The van der Waals surface area contributed by atoms with Crippen molar-refractivity contribution in [3.8, 4) is 5.75 Å². The Morgan fingerprint density at radius 3 is 2.64 bits per heavy atom. The van der Waals surface area contributed by atoms with Gasteiger partial charge in [-0.05, 0) is 35.9 Å². The lowest BCUT2D eigenvalue weighted by molar-refractivity contribution is -0.137. The largest absolute Gasteiger partial charge is 0.497 e. The van der Waals surface area contributed by atoms with Crippen LogP contribution in [-0.4, -0.2) is 13.3 Å². The molecule has 0 aliphatic heterocycles. The summed E-state index contributed by atoms with van der Waals surface area (Å²) in [6, 6.07) is 10.1. The van der Waals surface area contributed by atoms with Gasteiger partial charge in [0.1, 0.15) is 5.75 Å². The minimum atomic E-state index is -4.43. The molecule has 0 heterocycles. The Balaban J connectivity index is 2.15. The lowest BCUT2D eigenvalue weighted by Gasteiger charge is -2.09. The van der Waals surface area contributed by atoms with Gasteiger partial charge in [0.15, 0.2) is 0 Å². The maximum atomic E-state index is 12.6. The maximum absolute atomic E-state index is 12.6. The third-order valence-electron chi connectivity index (χ3n) is 2.79. The minimum Gasteiger partial charge on any atom is -0.497 e. The molecule has 2 rings (SSSR count). The van der Waals surface area contributed by atoms with Crippen molar-refractivity contribution < 1.29 is 17.9 Å². The van der Waals surface area contributed by atoms with E-state index in [0.717, 1.165) is 17.7 Å². The molecule has 0 saturated carbocycles. The molecular weight excluding hydrogens is 317 g/mol. The fraction of sp³-hybridized carbons (Fsp3) is 0.133. The van der Waals surface area contributed by atoms with Crippen molar-refractivity contribution in [3.63, 3.8) is 0 Å². The van der Waals surface area contributed by atoms with Crippen LogP contribution in [-0.2, 0) is 6.18 Å². The molecule has 0 spiro atoms. The third-order valence-corrected chi connectivity index (χ3v) is 3.12. The number of nitrogens with one attached hydrogen (secondary N) is 1. The van der Waals surface area contributed by atoms with Crippen LogP contribution in [0.2, 0.25) is 5.02 Å². The van der Waals surface area contributed by atoms with Gasteiger partial charge in [-0.2, -0.15) is 18.3 Å². The van der Waals surface area contributed by atoms with Crippen molar-refractivity contribution in [1.82, 2.24) is 0 Å². The van der Waals surface area contributed by atoms with E-state index in [1.807, 2.05) is 0 Å². The Morgan fingerprint density at radius 1 is 1.18 bits per heavy atom. The SMILES string of the molecule is COc1cccc(/C=N\Nc2cc(C(F)(F)F)ccc2Cl)c1. The van der Waals surface area contributed by atoms with Gasteiger partial charge in [-0.3, -0.25) is 5.43 Å². The van der Waals surface area contributed by atoms with Crippen LogP contribution in [0.1, 0.15) is 11.1 Å². The zero-order chi connectivity index (χ0) is 16.2. The summed E-state index contributed by atoms with van der Waals surface area (Å²) in [6.07, 6.45) is -2.98. The van der Waals surface area contributed by atoms with Gasteiger partial charge in [-0.1, -0.05) is 23.7 Å². The predicted molar refractivity (Wildman–Crippen MR) is 80.7 cm³/mol. The van der Waals surface area contributed by atoms with Crippen LogP contribution in [0.15, 0.2) is 47.6 Å². The number of methoxy groups -OCH3 is 1. The zero-order valence-electron chi connectivity index (χ0n) is 11.5. The number of benzene rings is 2. The van der Waals surface area contributed by atoms with Crippen molar-refractivity contribution in [2.45, 2.75) is 6.18 Å². The number of nitrogens with zero attached hydrogens (tertiary/aromatic N) is 1. The minimum absolute atomic E-state index is 0.0793. The quantitative estimate of drug-likeness (QED) is 0.645. The number of alkyl halides is 3. The number of halogens is 4. The molecule has 0 aliphatic carbocycles. The smallest absolute Gasteiger partial charge is 0.416 e. The van der Waals surface area contributed by atoms with Gasteiger partial charge in [0.2, 0.25) is 0 Å². The van der Waals surface area contributed by atoms with Gasteiger partial charge in [-0.15, -0.1) is 0 Å². The Morgan fingerprint density at radius 2 is 1.95 bits per heavy atom. The second-order valence-corrected chi connectivity index (χ2v) is 4.75. The highest BCUT2D eigenvalue weighted by Crippen LogP contribution is 2.33. The van der Waals surface area contributed by atoms with Gasteiger partial charge < -0.3 is 4.74 Å². The predicted octanol–water partition coefficient (Wildman–Crippen LogP) is 4.81. The first-order valence-electron chi connectivity index (χ1n) is 6.20. The summed E-state index contributed by atoms with van der Waals surface area (Å²) in [5.74, 6) is 0.654. The third kappa shape index (κ3) is 4.14. The maximum Gasteiger partial charge on any atom is 0.416 e. The number of rotatable bonds is 4. The van der Waals surface area contributed by atoms with Gasteiger partial charge in [-0.25, -0.2) is 0 Å². The summed E-state index contributed by atoms with van der Waals surface area (Å²) in [6.45, 7) is 0. The van der Waals surface area contributed by atoms with Crippen LogP contribution in [0.4, 0.5) is 18.9 Å². The highest BCUT2D eigenvalue weighted by atomic mass is 35.5. The molecule has 0 atom stereocenters. The Hall–Kier alpha value is -2.21. The van der Waals surface area contributed by atoms with E-state index in [4.69, 9.17) is 16.3 Å². The highest BCUT2D eigenvalue weighted by molar-refractivity contribution is 6.33. The molecule has 0 aromatic heterocycles. The van der Waals surface area contributed by atoms with Gasteiger partial charge in [0, 0.05) is 0 Å². The Kier molecular flexibility index (Phi) is 4.92. The molecule has 0 unspecified atom stereocenters. The van der Waals surface area contributed by atoms with E-state index in [2.05, 4.69) is 10.5 Å². The van der Waals surface area contributed by atoms with Crippen molar-refractivity contribution in [2.75, 3.05) is 12.5 Å². The number of hydrogen-bond donors (Lipinski definition) is 1. The van der Waals surface area contributed by atoms with E-state index in [1.54, 1.807) is 24.3 Å². The second kappa shape index (κ2) is 6.70. The second-order valence-electron chi connectivity index (χ2n) is 4.34. The van der Waals surface area contributed by atoms with Crippen LogP contribution < -0.4 is 10.2 Å². The summed E-state index contributed by atoms with van der Waals surface area (Å²) < 4.78 is 43.0. The first kappa shape index (κ1) is 16.2. The lowest BCUT2D eigenvalue weighted by Crippen LogP contribution is -2.05. The summed E-state index contributed by atoms with van der Waals surface area (Å²) in [5.41, 5.74) is 2.52. The molecule has 0 bridgehead atoms. The first-order chi connectivity index (χ1) is 10.4. The van der Waals surface area contributed by atoms with Crippen molar-refractivity contribution in [3.05, 3.63) is 58.6 Å². The molecule has 0 aliphatic rings. The fourth-order valence-corrected chi connectivity index (χ4v) is 1.85. The van der Waals surface area contributed by atoms with Crippen LogP contribution in [0.3, 0.4) is 0 Å². The molecule has 1 N–H and O–H groups in total. The van der Waals surface area contributed by atoms with Crippen molar-refractivity contribution >= 4 is 23.5 Å². The Bertz CT molecular complexity index is 687. The number of ether oxygens (including phenoxy) is 1. The monoisotopic (exact) mass is 328 g/mol. The summed E-state index contributed by atoms with van der Waals surface area (Å²) in [5, 5.41) is 4.04. The summed E-state index contributed by atoms with van der Waals surface area (Å²) >= 11 is 5.85. The molecule has 0 fully saturated rings. The fourth-order valence-electron chi connectivity index (χ4n) is 1.69. The van der Waals surface area contributed by atoms with Crippen LogP contribution in [0, 0.1) is 0 Å². The lowest BCUT2D eigenvalue weighted by atomic mass is 10.2. The molecule has 22 heavy (non-hydrogen) atoms. The molecule has 3 nitrogen and oxygen atoms in total. The summed E-state index contributed by atoms with van der Waals surface area (Å²) in [4.78, 5) is 0. The average molecular weight is 329 g/mol. The molecule has 2 aromatic rings. The van der Waals surface area contributed by atoms with Gasteiger partial charge in [0.05, 0.1) is 29.6 Å². The van der Waals surface area contributed by atoms with E-state index in [1.165, 1.54) is 19.4 Å². The first-order valence-corrected chi connectivity index (χ1v) is 6.58. The van der Waals surface area contributed by atoms with Crippen LogP contribution >= 0.6 is 11.6 Å². The number of anilines is 1. The van der Waals surface area contributed by atoms with Crippen molar-refractivity contribution in [2.24, 2.45) is 5.10 Å². The normalized spacial score (nSPS) is 11.7. The van der Waals surface area contributed by atoms with E-state index < -0.39 is 11.7 Å². The molecule has 7 heteroatoms. The van der Waals surface area contributed by atoms with Gasteiger partial charge in [0.25, 0.3) is 0 Å². The van der Waals surface area contributed by atoms with Crippen molar-refractivity contribution in [1.29, 1.82) is 0 Å². The molecular formula is C15H12ClF3N2O. The number of hydrogen-bond acceptors (Lipinski definition) is 3. The average Bonchev–Trinajstić information content (AvgIpc) is 2.48.